The second kappa shape index (κ2) is 4.78. The molecule has 0 spiro atoms. The Kier molecular flexibility index (Phi) is 4.28. The SMILES string of the molecule is CN=C(C/C=N/O)N(C)C. The zero-order valence-electron chi connectivity index (χ0n) is 6.57. The van der Waals surface area contributed by atoms with Crippen molar-refractivity contribution < 1.29 is 5.21 Å². The Bertz CT molecular complexity index is 140. The van der Waals surface area contributed by atoms with E-state index in [9.17, 15) is 0 Å². The van der Waals surface area contributed by atoms with Gasteiger partial charge >= 0.3 is 0 Å². The lowest BCUT2D eigenvalue weighted by Gasteiger charge is -2.12. The number of rotatable bonds is 2. The quantitative estimate of drug-likeness (QED) is 0.264. The normalized spacial score (nSPS) is 12.5. The molecule has 0 amide bonds. The molecule has 0 atom stereocenters. The third-order valence-corrected chi connectivity index (χ3v) is 1.13. The predicted octanol–water partition coefficient (Wildman–Crippen LogP) is 0.426. The molecule has 0 aliphatic carbocycles. The molecule has 0 bridgehead atoms. The molecule has 0 rings (SSSR count). The van der Waals surface area contributed by atoms with Crippen molar-refractivity contribution >= 4 is 12.1 Å². The lowest BCUT2D eigenvalue weighted by atomic mass is 10.4. The summed E-state index contributed by atoms with van der Waals surface area (Å²) in [5, 5.41) is 11.0. The molecular formula is C6H13N3O. The molecule has 0 saturated heterocycles. The Labute approximate surface area is 60.9 Å². The third-order valence-electron chi connectivity index (χ3n) is 1.13. The van der Waals surface area contributed by atoms with E-state index >= 15 is 0 Å². The average molecular weight is 143 g/mol. The molecule has 0 aromatic heterocycles. The van der Waals surface area contributed by atoms with Crippen LogP contribution in [0.5, 0.6) is 0 Å². The van der Waals surface area contributed by atoms with E-state index in [4.69, 9.17) is 5.21 Å². The van der Waals surface area contributed by atoms with Crippen LogP contribution >= 0.6 is 0 Å². The molecule has 58 valence electrons. The van der Waals surface area contributed by atoms with Gasteiger partial charge in [0.1, 0.15) is 5.84 Å². The fourth-order valence-electron chi connectivity index (χ4n) is 0.596. The topological polar surface area (TPSA) is 48.2 Å². The van der Waals surface area contributed by atoms with Crippen LogP contribution in [0.4, 0.5) is 0 Å². The van der Waals surface area contributed by atoms with E-state index in [0.29, 0.717) is 6.42 Å². The number of aliphatic imine (C=N–C) groups is 1. The van der Waals surface area contributed by atoms with Crippen molar-refractivity contribution in [1.82, 2.24) is 4.90 Å². The minimum Gasteiger partial charge on any atom is -0.411 e. The highest BCUT2D eigenvalue weighted by Gasteiger charge is 1.96. The monoisotopic (exact) mass is 143 g/mol. The molecule has 10 heavy (non-hydrogen) atoms. The first-order chi connectivity index (χ1) is 4.72. The molecule has 1 N–H and O–H groups in total. The summed E-state index contributed by atoms with van der Waals surface area (Å²) >= 11 is 0. The van der Waals surface area contributed by atoms with Gasteiger partial charge in [0.25, 0.3) is 0 Å². The van der Waals surface area contributed by atoms with Gasteiger partial charge in [-0.2, -0.15) is 0 Å². The molecule has 0 aromatic carbocycles. The lowest BCUT2D eigenvalue weighted by Crippen LogP contribution is -2.21. The first-order valence-electron chi connectivity index (χ1n) is 3.01. The van der Waals surface area contributed by atoms with E-state index in [-0.39, 0.29) is 0 Å². The van der Waals surface area contributed by atoms with Crippen LogP contribution in [0.1, 0.15) is 6.42 Å². The van der Waals surface area contributed by atoms with E-state index < -0.39 is 0 Å². The Hall–Kier alpha value is -1.06. The highest BCUT2D eigenvalue weighted by molar-refractivity contribution is 5.93. The van der Waals surface area contributed by atoms with Crippen molar-refractivity contribution in [1.29, 1.82) is 0 Å². The van der Waals surface area contributed by atoms with Gasteiger partial charge in [-0.1, -0.05) is 0 Å². The minimum absolute atomic E-state index is 0.569. The Morgan fingerprint density at radius 3 is 2.50 bits per heavy atom. The molecule has 0 heterocycles. The average Bonchev–Trinajstić information content (AvgIpc) is 1.89. The van der Waals surface area contributed by atoms with Crippen LogP contribution in [0.2, 0.25) is 0 Å². The fourth-order valence-corrected chi connectivity index (χ4v) is 0.596. The van der Waals surface area contributed by atoms with Crippen molar-refractivity contribution in [2.45, 2.75) is 6.42 Å². The Morgan fingerprint density at radius 1 is 1.60 bits per heavy atom. The summed E-state index contributed by atoms with van der Waals surface area (Å²) in [7, 11) is 5.50. The van der Waals surface area contributed by atoms with Crippen LogP contribution in [-0.2, 0) is 0 Å². The molecule has 0 unspecified atom stereocenters. The maximum atomic E-state index is 8.09. The van der Waals surface area contributed by atoms with Crippen LogP contribution in [0.3, 0.4) is 0 Å². The van der Waals surface area contributed by atoms with Gasteiger partial charge in [0.05, 0.1) is 6.21 Å². The van der Waals surface area contributed by atoms with Crippen LogP contribution in [0, 0.1) is 0 Å². The number of amidine groups is 1. The van der Waals surface area contributed by atoms with Crippen molar-refractivity contribution in [3.63, 3.8) is 0 Å². The van der Waals surface area contributed by atoms with E-state index in [1.54, 1.807) is 7.05 Å². The zero-order valence-corrected chi connectivity index (χ0v) is 6.57. The molecule has 0 aromatic rings. The zero-order chi connectivity index (χ0) is 7.98. The summed E-state index contributed by atoms with van der Waals surface area (Å²) in [6.07, 6.45) is 1.97. The standard InChI is InChI=1S/C6H13N3O/c1-7-6(9(2)3)4-5-8-10/h5,10H,4H2,1-3H3/b7-6?,8-5+. The third kappa shape index (κ3) is 3.06. The maximum Gasteiger partial charge on any atom is 0.104 e. The van der Waals surface area contributed by atoms with Crippen LogP contribution < -0.4 is 0 Å². The number of hydrogen-bond donors (Lipinski definition) is 1. The number of hydrogen-bond acceptors (Lipinski definition) is 3. The molecule has 4 heteroatoms. The summed E-state index contributed by atoms with van der Waals surface area (Å²) < 4.78 is 0. The molecule has 4 nitrogen and oxygen atoms in total. The summed E-state index contributed by atoms with van der Waals surface area (Å²) in [6.45, 7) is 0. The fraction of sp³-hybridized carbons (Fsp3) is 0.667. The van der Waals surface area contributed by atoms with Crippen molar-refractivity contribution in [3.8, 4) is 0 Å². The van der Waals surface area contributed by atoms with E-state index in [0.717, 1.165) is 5.84 Å². The van der Waals surface area contributed by atoms with Gasteiger partial charge in [-0.25, -0.2) is 0 Å². The van der Waals surface area contributed by atoms with E-state index in [1.807, 2.05) is 19.0 Å². The van der Waals surface area contributed by atoms with Gasteiger partial charge in [0.2, 0.25) is 0 Å². The molecule has 0 radical (unpaired) electrons. The van der Waals surface area contributed by atoms with Crippen LogP contribution in [0.15, 0.2) is 10.1 Å². The molecule has 0 aliphatic heterocycles. The lowest BCUT2D eigenvalue weighted by molar-refractivity contribution is 0.321. The van der Waals surface area contributed by atoms with Crippen molar-refractivity contribution in [2.75, 3.05) is 21.1 Å². The van der Waals surface area contributed by atoms with Gasteiger partial charge in [0, 0.05) is 27.6 Å². The van der Waals surface area contributed by atoms with Gasteiger partial charge in [-0.15, -0.1) is 5.16 Å². The van der Waals surface area contributed by atoms with Gasteiger partial charge in [0.15, 0.2) is 0 Å². The number of nitrogens with zero attached hydrogens (tertiary/aromatic N) is 3. The highest BCUT2D eigenvalue weighted by Crippen LogP contribution is 1.86. The van der Waals surface area contributed by atoms with Gasteiger partial charge in [-0.05, 0) is 0 Å². The predicted molar refractivity (Wildman–Crippen MR) is 41.9 cm³/mol. The molecular weight excluding hydrogens is 130 g/mol. The molecule has 0 aliphatic rings. The highest BCUT2D eigenvalue weighted by atomic mass is 16.4. The Morgan fingerprint density at radius 2 is 2.20 bits per heavy atom. The van der Waals surface area contributed by atoms with Gasteiger partial charge in [-0.3, -0.25) is 4.99 Å². The summed E-state index contributed by atoms with van der Waals surface area (Å²) in [6, 6.07) is 0. The second-order valence-electron chi connectivity index (χ2n) is 2.04. The first kappa shape index (κ1) is 8.94. The van der Waals surface area contributed by atoms with Crippen molar-refractivity contribution in [2.24, 2.45) is 10.1 Å². The van der Waals surface area contributed by atoms with Crippen molar-refractivity contribution in [3.05, 3.63) is 0 Å². The first-order valence-corrected chi connectivity index (χ1v) is 3.01. The number of oxime groups is 1. The van der Waals surface area contributed by atoms with Gasteiger partial charge < -0.3 is 10.1 Å². The summed E-state index contributed by atoms with van der Waals surface area (Å²) in [4.78, 5) is 5.84. The minimum atomic E-state index is 0.569. The Balaban J connectivity index is 3.86. The largest absolute Gasteiger partial charge is 0.411 e. The van der Waals surface area contributed by atoms with E-state index in [1.165, 1.54) is 6.21 Å². The summed E-state index contributed by atoms with van der Waals surface area (Å²) in [5.41, 5.74) is 0. The van der Waals surface area contributed by atoms with Crippen LogP contribution in [-0.4, -0.2) is 43.3 Å². The molecule has 0 saturated carbocycles. The smallest absolute Gasteiger partial charge is 0.104 e. The summed E-state index contributed by atoms with van der Waals surface area (Å²) in [5.74, 6) is 0.887. The van der Waals surface area contributed by atoms with E-state index in [2.05, 4.69) is 10.1 Å². The second-order valence-corrected chi connectivity index (χ2v) is 2.04. The van der Waals surface area contributed by atoms with Crippen LogP contribution in [0.25, 0.3) is 0 Å². The molecule has 0 fully saturated rings. The maximum absolute atomic E-state index is 8.09.